The number of aromatic nitrogens is 3. The first kappa shape index (κ1) is 19.1. The number of anilines is 1. The van der Waals surface area contributed by atoms with Gasteiger partial charge in [-0.1, -0.05) is 13.3 Å². The Morgan fingerprint density at radius 1 is 1.14 bits per heavy atom. The summed E-state index contributed by atoms with van der Waals surface area (Å²) < 4.78 is 6.76. The molecular formula is C22H24N4O3. The van der Waals surface area contributed by atoms with Gasteiger partial charge in [0, 0.05) is 31.2 Å². The van der Waals surface area contributed by atoms with E-state index in [9.17, 15) is 9.59 Å². The molecule has 0 radical (unpaired) electrons. The smallest absolute Gasteiger partial charge is 0.338 e. The van der Waals surface area contributed by atoms with Crippen molar-refractivity contribution in [3.8, 4) is 5.69 Å². The van der Waals surface area contributed by atoms with E-state index in [0.29, 0.717) is 34.7 Å². The second kappa shape index (κ2) is 8.43. The molecule has 29 heavy (non-hydrogen) atoms. The third-order valence-electron chi connectivity index (χ3n) is 5.14. The Morgan fingerprint density at radius 2 is 1.90 bits per heavy atom. The number of unbranched alkanes of at least 4 members (excludes halogenated alkanes) is 1. The maximum Gasteiger partial charge on any atom is 0.338 e. The molecule has 0 unspecified atom stereocenters. The topological polar surface area (TPSA) is 77.3 Å². The lowest BCUT2D eigenvalue weighted by Gasteiger charge is -2.15. The minimum Gasteiger partial charge on any atom is -0.462 e. The fourth-order valence-electron chi connectivity index (χ4n) is 3.44. The zero-order chi connectivity index (χ0) is 20.2. The molecule has 2 aromatic heterocycles. The molecule has 1 aliphatic heterocycles. The van der Waals surface area contributed by atoms with Crippen molar-refractivity contribution in [2.24, 2.45) is 0 Å². The quantitative estimate of drug-likeness (QED) is 0.473. The molecule has 0 N–H and O–H groups in total. The third kappa shape index (κ3) is 3.99. The van der Waals surface area contributed by atoms with Gasteiger partial charge in [-0.05, 0) is 49.6 Å². The minimum atomic E-state index is -0.348. The average molecular weight is 392 g/mol. The maximum atomic E-state index is 12.9. The van der Waals surface area contributed by atoms with E-state index in [4.69, 9.17) is 4.74 Å². The standard InChI is InChI=1S/C22H24N4O3/c1-2-3-14-29-21(28)16-6-8-17(9-7-16)26-13-10-19-18(20(26)27)15-23-22(24-19)25-11-4-5-12-25/h6-10,13,15H,2-5,11-12,14H2,1H3. The number of benzene rings is 1. The monoisotopic (exact) mass is 392 g/mol. The first-order chi connectivity index (χ1) is 14.2. The zero-order valence-corrected chi connectivity index (χ0v) is 16.5. The number of hydrogen-bond acceptors (Lipinski definition) is 6. The van der Waals surface area contributed by atoms with E-state index in [1.165, 1.54) is 4.57 Å². The summed E-state index contributed by atoms with van der Waals surface area (Å²) >= 11 is 0. The van der Waals surface area contributed by atoms with Crippen LogP contribution in [0.5, 0.6) is 0 Å². The molecule has 0 bridgehead atoms. The Bertz CT molecular complexity index is 1070. The second-order valence-corrected chi connectivity index (χ2v) is 7.19. The number of pyridine rings is 1. The summed E-state index contributed by atoms with van der Waals surface area (Å²) in [6.07, 6.45) is 7.42. The Morgan fingerprint density at radius 3 is 2.62 bits per heavy atom. The zero-order valence-electron chi connectivity index (χ0n) is 16.5. The van der Waals surface area contributed by atoms with Crippen LogP contribution in [-0.4, -0.2) is 40.2 Å². The van der Waals surface area contributed by atoms with Crippen LogP contribution in [0.1, 0.15) is 43.0 Å². The summed E-state index contributed by atoms with van der Waals surface area (Å²) in [6, 6.07) is 8.65. The number of hydrogen-bond donors (Lipinski definition) is 0. The molecule has 0 saturated carbocycles. The van der Waals surface area contributed by atoms with Crippen LogP contribution in [-0.2, 0) is 4.74 Å². The molecule has 150 valence electrons. The molecular weight excluding hydrogens is 368 g/mol. The fourth-order valence-corrected chi connectivity index (χ4v) is 3.44. The number of rotatable bonds is 6. The molecule has 3 aromatic rings. The molecule has 0 atom stereocenters. The molecule has 0 spiro atoms. The van der Waals surface area contributed by atoms with Crippen molar-refractivity contribution in [2.45, 2.75) is 32.6 Å². The third-order valence-corrected chi connectivity index (χ3v) is 5.14. The molecule has 1 aromatic carbocycles. The summed E-state index contributed by atoms with van der Waals surface area (Å²) in [7, 11) is 0. The van der Waals surface area contributed by atoms with Crippen molar-refractivity contribution in [2.75, 3.05) is 24.6 Å². The number of carbonyl (C=O) groups is 1. The van der Waals surface area contributed by atoms with E-state index in [2.05, 4.69) is 14.9 Å². The van der Waals surface area contributed by atoms with E-state index < -0.39 is 0 Å². The van der Waals surface area contributed by atoms with Crippen LogP contribution in [0.3, 0.4) is 0 Å². The van der Waals surface area contributed by atoms with Gasteiger partial charge >= 0.3 is 5.97 Å². The number of ether oxygens (including phenoxy) is 1. The molecule has 1 fully saturated rings. The molecule has 1 aliphatic rings. The second-order valence-electron chi connectivity index (χ2n) is 7.19. The molecule has 0 amide bonds. The van der Waals surface area contributed by atoms with E-state index in [1.807, 2.05) is 13.0 Å². The van der Waals surface area contributed by atoms with Gasteiger partial charge < -0.3 is 9.64 Å². The van der Waals surface area contributed by atoms with Gasteiger partial charge in [-0.15, -0.1) is 0 Å². The maximum absolute atomic E-state index is 12.9. The van der Waals surface area contributed by atoms with Crippen LogP contribution >= 0.6 is 0 Å². The Labute approximate surface area is 169 Å². The lowest BCUT2D eigenvalue weighted by atomic mass is 10.2. The Kier molecular flexibility index (Phi) is 5.55. The number of carbonyl (C=O) groups excluding carboxylic acids is 1. The van der Waals surface area contributed by atoms with Crippen molar-refractivity contribution in [3.63, 3.8) is 0 Å². The van der Waals surface area contributed by atoms with Crippen molar-refractivity contribution in [1.29, 1.82) is 0 Å². The molecule has 1 saturated heterocycles. The van der Waals surface area contributed by atoms with Gasteiger partial charge in [-0.2, -0.15) is 0 Å². The van der Waals surface area contributed by atoms with E-state index >= 15 is 0 Å². The predicted octanol–water partition coefficient (Wildman–Crippen LogP) is 3.34. The molecule has 7 nitrogen and oxygen atoms in total. The van der Waals surface area contributed by atoms with Crippen LogP contribution in [0.4, 0.5) is 5.95 Å². The van der Waals surface area contributed by atoms with Gasteiger partial charge in [0.05, 0.1) is 23.1 Å². The van der Waals surface area contributed by atoms with E-state index in [1.54, 1.807) is 36.7 Å². The Balaban J connectivity index is 1.59. The summed E-state index contributed by atoms with van der Waals surface area (Å²) in [6.45, 7) is 4.37. The van der Waals surface area contributed by atoms with E-state index in [-0.39, 0.29) is 11.5 Å². The van der Waals surface area contributed by atoms with Gasteiger partial charge in [0.2, 0.25) is 5.95 Å². The highest BCUT2D eigenvalue weighted by molar-refractivity contribution is 5.89. The van der Waals surface area contributed by atoms with Crippen molar-refractivity contribution in [1.82, 2.24) is 14.5 Å². The first-order valence-corrected chi connectivity index (χ1v) is 10.1. The average Bonchev–Trinajstić information content (AvgIpc) is 3.29. The SMILES string of the molecule is CCCCOC(=O)c1ccc(-n2ccc3nc(N4CCCC4)ncc3c2=O)cc1. The predicted molar refractivity (Wildman–Crippen MR) is 112 cm³/mol. The normalized spacial score (nSPS) is 13.8. The van der Waals surface area contributed by atoms with Crippen molar-refractivity contribution >= 4 is 22.8 Å². The largest absolute Gasteiger partial charge is 0.462 e. The number of nitrogens with zero attached hydrogens (tertiary/aromatic N) is 4. The van der Waals surface area contributed by atoms with Gasteiger partial charge in [0.1, 0.15) is 0 Å². The molecule has 4 rings (SSSR count). The van der Waals surface area contributed by atoms with Crippen LogP contribution in [0.25, 0.3) is 16.6 Å². The lowest BCUT2D eigenvalue weighted by Crippen LogP contribution is -2.22. The Hall–Kier alpha value is -3.22. The molecule has 0 aliphatic carbocycles. The van der Waals surface area contributed by atoms with E-state index in [0.717, 1.165) is 38.8 Å². The van der Waals surface area contributed by atoms with Gasteiger partial charge in [-0.3, -0.25) is 9.36 Å². The molecule has 7 heteroatoms. The summed E-state index contributed by atoms with van der Waals surface area (Å²) in [5.74, 6) is 0.330. The van der Waals surface area contributed by atoms with Gasteiger partial charge in [0.15, 0.2) is 0 Å². The lowest BCUT2D eigenvalue weighted by molar-refractivity contribution is 0.0500. The summed E-state index contributed by atoms with van der Waals surface area (Å²) in [5.41, 5.74) is 1.59. The minimum absolute atomic E-state index is 0.186. The van der Waals surface area contributed by atoms with Crippen LogP contribution in [0, 0.1) is 0 Å². The number of esters is 1. The first-order valence-electron chi connectivity index (χ1n) is 10.1. The summed E-state index contributed by atoms with van der Waals surface area (Å²) in [4.78, 5) is 36.1. The summed E-state index contributed by atoms with van der Waals surface area (Å²) in [5, 5.41) is 0.471. The number of fused-ring (bicyclic) bond motifs is 1. The van der Waals surface area contributed by atoms with Crippen LogP contribution < -0.4 is 10.5 Å². The van der Waals surface area contributed by atoms with Gasteiger partial charge in [0.25, 0.3) is 5.56 Å². The highest BCUT2D eigenvalue weighted by atomic mass is 16.5. The van der Waals surface area contributed by atoms with Crippen molar-refractivity contribution in [3.05, 3.63) is 58.6 Å². The molecule has 3 heterocycles. The highest BCUT2D eigenvalue weighted by Gasteiger charge is 2.16. The van der Waals surface area contributed by atoms with Gasteiger partial charge in [-0.25, -0.2) is 14.8 Å². The van der Waals surface area contributed by atoms with Crippen LogP contribution in [0.15, 0.2) is 47.5 Å². The van der Waals surface area contributed by atoms with Crippen LogP contribution in [0.2, 0.25) is 0 Å². The van der Waals surface area contributed by atoms with Crippen molar-refractivity contribution < 1.29 is 9.53 Å². The highest BCUT2D eigenvalue weighted by Crippen LogP contribution is 2.18. The fraction of sp³-hybridized carbons (Fsp3) is 0.364.